The molecule has 0 radical (unpaired) electrons. The van der Waals surface area contributed by atoms with Gasteiger partial charge in [0.15, 0.2) is 0 Å². The van der Waals surface area contributed by atoms with Crippen LogP contribution in [0.25, 0.3) is 22.4 Å². The molecule has 0 atom stereocenters. The van der Waals surface area contributed by atoms with Gasteiger partial charge in [-0.25, -0.2) is 0 Å². The van der Waals surface area contributed by atoms with Gasteiger partial charge in [-0.05, 0) is 43.0 Å². The molecule has 0 saturated carbocycles. The zero-order valence-electron chi connectivity index (χ0n) is 14.7. The quantitative estimate of drug-likeness (QED) is 0.542. The Labute approximate surface area is 148 Å². The van der Waals surface area contributed by atoms with E-state index in [1.807, 2.05) is 37.3 Å². The molecule has 25 heavy (non-hydrogen) atoms. The lowest BCUT2D eigenvalue weighted by atomic mass is 9.91. The Bertz CT molecular complexity index is 855. The Morgan fingerprint density at radius 1 is 1.04 bits per heavy atom. The second-order valence-corrected chi connectivity index (χ2v) is 6.45. The maximum atomic E-state index is 11.0. The molecule has 3 aromatic rings. The number of nitrogens with zero attached hydrogens (tertiary/aromatic N) is 1. The molecule has 0 aliphatic heterocycles. The molecular weight excluding hydrogens is 312 g/mol. The molecule has 0 aliphatic rings. The number of hydrogen-bond acceptors (Lipinski definition) is 3. The van der Waals surface area contributed by atoms with Crippen LogP contribution in [0, 0.1) is 6.92 Å². The topological polar surface area (TPSA) is 69.1 Å². The summed E-state index contributed by atoms with van der Waals surface area (Å²) in [5, 5.41) is 28.6. The molecule has 2 aromatic carbocycles. The first-order chi connectivity index (χ1) is 12.1. The number of aromatic hydroxyl groups is 2. The van der Waals surface area contributed by atoms with Gasteiger partial charge >= 0.3 is 0 Å². The highest BCUT2D eigenvalue weighted by molar-refractivity contribution is 5.87. The number of rotatable bonds is 6. The molecule has 3 N–H and O–H groups in total. The highest BCUT2D eigenvalue weighted by atomic mass is 16.3. The van der Waals surface area contributed by atoms with Gasteiger partial charge in [0, 0.05) is 11.8 Å². The number of hydrogen-bond donors (Lipinski definition) is 3. The van der Waals surface area contributed by atoms with Crippen LogP contribution in [0.3, 0.4) is 0 Å². The minimum atomic E-state index is 0.0985. The fourth-order valence-corrected chi connectivity index (χ4v) is 3.25. The van der Waals surface area contributed by atoms with E-state index in [1.54, 1.807) is 12.3 Å². The minimum Gasteiger partial charge on any atom is -0.507 e. The van der Waals surface area contributed by atoms with E-state index in [0.717, 1.165) is 53.6 Å². The van der Waals surface area contributed by atoms with Crippen LogP contribution in [0.4, 0.5) is 0 Å². The van der Waals surface area contributed by atoms with Crippen molar-refractivity contribution in [2.24, 2.45) is 0 Å². The smallest absolute Gasteiger partial charge is 0.136 e. The van der Waals surface area contributed by atoms with Crippen molar-refractivity contribution in [1.82, 2.24) is 10.2 Å². The second-order valence-electron chi connectivity index (χ2n) is 6.45. The minimum absolute atomic E-state index is 0.0985. The van der Waals surface area contributed by atoms with Crippen molar-refractivity contribution in [3.8, 4) is 33.9 Å². The maximum absolute atomic E-state index is 11.0. The summed E-state index contributed by atoms with van der Waals surface area (Å²) in [6.45, 7) is 4.15. The fraction of sp³-hybridized carbons (Fsp3) is 0.286. The summed E-state index contributed by atoms with van der Waals surface area (Å²) >= 11 is 0. The lowest BCUT2D eigenvalue weighted by Crippen LogP contribution is -1.95. The van der Waals surface area contributed by atoms with Gasteiger partial charge in [-0.15, -0.1) is 0 Å². The molecule has 0 spiro atoms. The van der Waals surface area contributed by atoms with Crippen LogP contribution in [0.15, 0.2) is 42.6 Å². The molecule has 130 valence electrons. The number of nitrogens with one attached hydrogen (secondary N) is 1. The summed E-state index contributed by atoms with van der Waals surface area (Å²) in [4.78, 5) is 0. The Kier molecular flexibility index (Phi) is 5.08. The van der Waals surface area contributed by atoms with Crippen molar-refractivity contribution in [3.05, 3.63) is 53.7 Å². The predicted molar refractivity (Wildman–Crippen MR) is 101 cm³/mol. The van der Waals surface area contributed by atoms with Crippen LogP contribution in [-0.2, 0) is 6.42 Å². The monoisotopic (exact) mass is 336 g/mol. The first-order valence-corrected chi connectivity index (χ1v) is 8.76. The Balaban J connectivity index is 2.17. The van der Waals surface area contributed by atoms with Crippen LogP contribution in [0.5, 0.6) is 11.5 Å². The first kappa shape index (κ1) is 17.1. The average molecular weight is 336 g/mol. The number of unbranched alkanes of at least 4 members (excludes halogenated alkanes) is 2. The highest BCUT2D eigenvalue weighted by Gasteiger charge is 2.20. The van der Waals surface area contributed by atoms with Crippen molar-refractivity contribution in [3.63, 3.8) is 0 Å². The molecule has 1 heterocycles. The van der Waals surface area contributed by atoms with Gasteiger partial charge in [0.2, 0.25) is 0 Å². The van der Waals surface area contributed by atoms with Gasteiger partial charge in [-0.2, -0.15) is 5.10 Å². The summed E-state index contributed by atoms with van der Waals surface area (Å²) in [7, 11) is 0. The Hall–Kier alpha value is -2.75. The molecule has 4 nitrogen and oxygen atoms in total. The molecule has 0 aliphatic carbocycles. The third kappa shape index (κ3) is 3.53. The van der Waals surface area contributed by atoms with Crippen molar-refractivity contribution in [2.75, 3.05) is 0 Å². The largest absolute Gasteiger partial charge is 0.507 e. The third-order valence-electron chi connectivity index (χ3n) is 4.49. The van der Waals surface area contributed by atoms with Gasteiger partial charge in [-0.1, -0.05) is 49.6 Å². The molecule has 0 saturated heterocycles. The van der Waals surface area contributed by atoms with Gasteiger partial charge < -0.3 is 10.2 Å². The zero-order chi connectivity index (χ0) is 17.8. The molecule has 0 amide bonds. The summed E-state index contributed by atoms with van der Waals surface area (Å²) in [6, 6.07) is 11.4. The summed E-state index contributed by atoms with van der Waals surface area (Å²) < 4.78 is 0. The van der Waals surface area contributed by atoms with Crippen LogP contribution in [0.2, 0.25) is 0 Å². The van der Waals surface area contributed by atoms with E-state index in [4.69, 9.17) is 0 Å². The molecule has 0 fully saturated rings. The lowest BCUT2D eigenvalue weighted by molar-refractivity contribution is 0.454. The predicted octanol–water partition coefficient (Wildman–Crippen LogP) is 5.20. The number of benzene rings is 2. The van der Waals surface area contributed by atoms with Crippen molar-refractivity contribution < 1.29 is 10.2 Å². The van der Waals surface area contributed by atoms with Gasteiger partial charge in [0.05, 0.1) is 11.3 Å². The van der Waals surface area contributed by atoms with E-state index in [1.165, 1.54) is 0 Å². The number of phenolic OH excluding ortho intramolecular Hbond substituents is 2. The standard InChI is InChI=1S/C21H24N2O2/c1-3-4-5-8-16-13-18(24)20(15-9-6-7-14(2)12-15)21(25)19(16)17-10-11-22-23-17/h6-7,9-13,24-25H,3-5,8H2,1-2H3,(H,22,23). The number of phenols is 2. The van der Waals surface area contributed by atoms with Crippen molar-refractivity contribution in [2.45, 2.75) is 39.5 Å². The van der Waals surface area contributed by atoms with Gasteiger partial charge in [-0.3, -0.25) is 5.10 Å². The van der Waals surface area contributed by atoms with E-state index in [-0.39, 0.29) is 11.5 Å². The number of aryl methyl sites for hydroxylation is 2. The summed E-state index contributed by atoms with van der Waals surface area (Å²) in [5.41, 5.74) is 4.76. The molecule has 4 heteroatoms. The summed E-state index contributed by atoms with van der Waals surface area (Å²) in [5.74, 6) is 0.208. The molecule has 0 bridgehead atoms. The van der Waals surface area contributed by atoms with Crippen molar-refractivity contribution in [1.29, 1.82) is 0 Å². The average Bonchev–Trinajstić information content (AvgIpc) is 3.09. The van der Waals surface area contributed by atoms with E-state index < -0.39 is 0 Å². The maximum Gasteiger partial charge on any atom is 0.136 e. The Morgan fingerprint density at radius 3 is 2.56 bits per heavy atom. The summed E-state index contributed by atoms with van der Waals surface area (Å²) in [6.07, 6.45) is 5.73. The molecule has 3 rings (SSSR count). The van der Waals surface area contributed by atoms with E-state index >= 15 is 0 Å². The number of H-pyrrole nitrogens is 1. The molecular formula is C21H24N2O2. The lowest BCUT2D eigenvalue weighted by Gasteiger charge is -2.16. The third-order valence-corrected chi connectivity index (χ3v) is 4.49. The van der Waals surface area contributed by atoms with Crippen molar-refractivity contribution >= 4 is 0 Å². The SMILES string of the molecule is CCCCCc1cc(O)c(-c2cccc(C)c2)c(O)c1-c1ccn[nH]1. The zero-order valence-corrected chi connectivity index (χ0v) is 14.7. The van der Waals surface area contributed by atoms with E-state index in [2.05, 4.69) is 17.1 Å². The van der Waals surface area contributed by atoms with E-state index in [0.29, 0.717) is 5.56 Å². The fourth-order valence-electron chi connectivity index (χ4n) is 3.25. The molecule has 1 aromatic heterocycles. The number of aromatic amines is 1. The van der Waals surface area contributed by atoms with Crippen LogP contribution >= 0.6 is 0 Å². The highest BCUT2D eigenvalue weighted by Crippen LogP contribution is 2.45. The Morgan fingerprint density at radius 2 is 1.88 bits per heavy atom. The van der Waals surface area contributed by atoms with Gasteiger partial charge in [0.25, 0.3) is 0 Å². The van der Waals surface area contributed by atoms with Crippen LogP contribution in [-0.4, -0.2) is 20.4 Å². The van der Waals surface area contributed by atoms with Crippen LogP contribution < -0.4 is 0 Å². The first-order valence-electron chi connectivity index (χ1n) is 8.76. The normalized spacial score (nSPS) is 11.0. The number of aromatic nitrogens is 2. The van der Waals surface area contributed by atoms with Crippen LogP contribution in [0.1, 0.15) is 37.3 Å². The molecule has 0 unspecified atom stereocenters. The second kappa shape index (κ2) is 7.43. The van der Waals surface area contributed by atoms with E-state index in [9.17, 15) is 10.2 Å². The van der Waals surface area contributed by atoms with Gasteiger partial charge in [0.1, 0.15) is 11.5 Å².